The Hall–Kier alpha value is -0.730. The molecule has 0 bridgehead atoms. The Morgan fingerprint density at radius 2 is 2.06 bits per heavy atom. The molecule has 1 atom stereocenters. The van der Waals surface area contributed by atoms with E-state index in [4.69, 9.17) is 17.3 Å². The summed E-state index contributed by atoms with van der Waals surface area (Å²) in [6.07, 6.45) is 1.91. The van der Waals surface area contributed by atoms with Crippen molar-refractivity contribution >= 4 is 17.3 Å². The molecule has 16 heavy (non-hydrogen) atoms. The van der Waals surface area contributed by atoms with Crippen molar-refractivity contribution in [3.05, 3.63) is 28.8 Å². The van der Waals surface area contributed by atoms with E-state index in [0.29, 0.717) is 0 Å². The number of nitrogens with two attached hydrogens (primary N) is 1. The molecule has 0 radical (unpaired) electrons. The summed E-state index contributed by atoms with van der Waals surface area (Å²) in [5.74, 6) is 0. The lowest BCUT2D eigenvalue weighted by Crippen LogP contribution is -2.24. The van der Waals surface area contributed by atoms with E-state index < -0.39 is 0 Å². The molecule has 1 aromatic rings. The largest absolute Gasteiger partial charge is 0.375 e. The Balaban J connectivity index is 2.97. The molecule has 0 fully saturated rings. The second kappa shape index (κ2) is 6.12. The molecule has 0 saturated carbocycles. The molecular formula is C13H21ClN2. The lowest BCUT2D eigenvalue weighted by molar-refractivity contribution is 0.645. The molecule has 1 rings (SSSR count). The van der Waals surface area contributed by atoms with Gasteiger partial charge in [-0.3, -0.25) is 0 Å². The molecule has 0 aliphatic heterocycles. The van der Waals surface area contributed by atoms with Crippen LogP contribution in [0.3, 0.4) is 0 Å². The molecule has 2 nitrogen and oxygen atoms in total. The molecule has 0 saturated heterocycles. The van der Waals surface area contributed by atoms with Gasteiger partial charge in [0.05, 0.1) is 0 Å². The second-order valence-electron chi connectivity index (χ2n) is 4.16. The van der Waals surface area contributed by atoms with Gasteiger partial charge in [0.1, 0.15) is 0 Å². The van der Waals surface area contributed by atoms with Gasteiger partial charge in [-0.25, -0.2) is 0 Å². The number of hydrogen-bond donors (Lipinski definition) is 1. The first-order valence-corrected chi connectivity index (χ1v) is 6.21. The highest BCUT2D eigenvalue weighted by Gasteiger charge is 2.10. The maximum absolute atomic E-state index is 6.03. The third-order valence-corrected chi connectivity index (χ3v) is 3.17. The molecule has 2 N–H and O–H groups in total. The van der Waals surface area contributed by atoms with Gasteiger partial charge >= 0.3 is 0 Å². The molecule has 3 heteroatoms. The molecule has 0 spiro atoms. The number of nitrogens with zero attached hydrogens (tertiary/aromatic N) is 1. The fourth-order valence-electron chi connectivity index (χ4n) is 1.66. The predicted octanol–water partition coefficient (Wildman–Crippen LogP) is 3.08. The van der Waals surface area contributed by atoms with E-state index in [-0.39, 0.29) is 6.04 Å². The summed E-state index contributed by atoms with van der Waals surface area (Å²) in [7, 11) is 2.08. The molecular weight excluding hydrogens is 220 g/mol. The monoisotopic (exact) mass is 240 g/mol. The van der Waals surface area contributed by atoms with Crippen molar-refractivity contribution in [1.29, 1.82) is 0 Å². The molecule has 0 aliphatic carbocycles. The second-order valence-corrected chi connectivity index (χ2v) is 4.60. The zero-order chi connectivity index (χ0) is 12.1. The van der Waals surface area contributed by atoms with Gasteiger partial charge in [0.25, 0.3) is 0 Å². The van der Waals surface area contributed by atoms with E-state index in [0.717, 1.165) is 24.4 Å². The summed E-state index contributed by atoms with van der Waals surface area (Å²) >= 11 is 6.03. The smallest absolute Gasteiger partial charge is 0.0426 e. The fraction of sp³-hybridized carbons (Fsp3) is 0.538. The fourth-order valence-corrected chi connectivity index (χ4v) is 1.83. The third-order valence-electron chi connectivity index (χ3n) is 2.94. The molecule has 0 heterocycles. The van der Waals surface area contributed by atoms with Crippen molar-refractivity contribution in [3.8, 4) is 0 Å². The van der Waals surface area contributed by atoms with Gasteiger partial charge in [-0.05, 0) is 37.5 Å². The molecule has 0 aliphatic rings. The summed E-state index contributed by atoms with van der Waals surface area (Å²) in [5.41, 5.74) is 8.48. The van der Waals surface area contributed by atoms with Gasteiger partial charge in [0.2, 0.25) is 0 Å². The van der Waals surface area contributed by atoms with Crippen molar-refractivity contribution < 1.29 is 0 Å². The van der Waals surface area contributed by atoms with Crippen LogP contribution in [0.1, 0.15) is 25.8 Å². The number of benzene rings is 1. The maximum atomic E-state index is 6.03. The zero-order valence-corrected chi connectivity index (χ0v) is 11.1. The van der Waals surface area contributed by atoms with Crippen molar-refractivity contribution in [2.24, 2.45) is 5.73 Å². The average Bonchev–Trinajstić information content (AvgIpc) is 2.30. The van der Waals surface area contributed by atoms with E-state index in [2.05, 4.69) is 31.9 Å². The number of anilines is 1. The van der Waals surface area contributed by atoms with E-state index >= 15 is 0 Å². The minimum atomic E-state index is 0.227. The average molecular weight is 241 g/mol. The highest BCUT2D eigenvalue weighted by Crippen LogP contribution is 2.25. The molecule has 90 valence electrons. The van der Waals surface area contributed by atoms with Crippen LogP contribution >= 0.6 is 11.6 Å². The van der Waals surface area contributed by atoms with Gasteiger partial charge in [-0.2, -0.15) is 0 Å². The Kier molecular flexibility index (Phi) is 5.10. The first-order chi connectivity index (χ1) is 7.58. The summed E-state index contributed by atoms with van der Waals surface area (Å²) in [6.45, 7) is 5.21. The van der Waals surface area contributed by atoms with Gasteiger partial charge in [0, 0.05) is 30.3 Å². The van der Waals surface area contributed by atoms with Crippen molar-refractivity contribution in [1.82, 2.24) is 0 Å². The van der Waals surface area contributed by atoms with Gasteiger partial charge < -0.3 is 10.6 Å². The lowest BCUT2D eigenvalue weighted by Gasteiger charge is -2.22. The summed E-state index contributed by atoms with van der Waals surface area (Å²) in [4.78, 5) is 2.20. The Bertz CT molecular complexity index is 339. The normalized spacial score (nSPS) is 12.6. The third kappa shape index (κ3) is 3.39. The Morgan fingerprint density at radius 1 is 1.38 bits per heavy atom. The Morgan fingerprint density at radius 3 is 2.62 bits per heavy atom. The highest BCUT2D eigenvalue weighted by molar-refractivity contribution is 6.30. The van der Waals surface area contributed by atoms with Gasteiger partial charge in [0.15, 0.2) is 0 Å². The van der Waals surface area contributed by atoms with Crippen LogP contribution in [-0.2, 0) is 6.42 Å². The van der Waals surface area contributed by atoms with Crippen LogP contribution in [0.2, 0.25) is 5.02 Å². The molecule has 0 aromatic heterocycles. The minimum Gasteiger partial charge on any atom is -0.375 e. The predicted molar refractivity (Wildman–Crippen MR) is 72.4 cm³/mol. The highest BCUT2D eigenvalue weighted by atomic mass is 35.5. The minimum absolute atomic E-state index is 0.227. The standard InChI is InChI=1S/C13H21ClN2/c1-4-12(15)8-10-6-7-11(14)9-13(10)16(3)5-2/h6-7,9,12H,4-5,8,15H2,1-3H3. The van der Waals surface area contributed by atoms with E-state index in [1.54, 1.807) is 0 Å². The van der Waals surface area contributed by atoms with Crippen molar-refractivity contribution in [2.75, 3.05) is 18.5 Å². The van der Waals surface area contributed by atoms with Gasteiger partial charge in [-0.15, -0.1) is 0 Å². The quantitative estimate of drug-likeness (QED) is 0.857. The maximum Gasteiger partial charge on any atom is 0.0426 e. The van der Waals surface area contributed by atoms with E-state index in [1.165, 1.54) is 11.3 Å². The van der Waals surface area contributed by atoms with Crippen molar-refractivity contribution in [3.63, 3.8) is 0 Å². The van der Waals surface area contributed by atoms with Crippen LogP contribution in [0.4, 0.5) is 5.69 Å². The van der Waals surface area contributed by atoms with E-state index in [1.807, 2.05) is 12.1 Å². The van der Waals surface area contributed by atoms with Crippen LogP contribution in [-0.4, -0.2) is 19.6 Å². The van der Waals surface area contributed by atoms with E-state index in [9.17, 15) is 0 Å². The zero-order valence-electron chi connectivity index (χ0n) is 10.3. The summed E-state index contributed by atoms with van der Waals surface area (Å²) in [5, 5.41) is 0.782. The van der Waals surface area contributed by atoms with Crippen LogP contribution in [0.25, 0.3) is 0 Å². The Labute approximate surface area is 103 Å². The summed E-state index contributed by atoms with van der Waals surface area (Å²) < 4.78 is 0. The van der Waals surface area contributed by atoms with Crippen LogP contribution in [0.5, 0.6) is 0 Å². The van der Waals surface area contributed by atoms with Crippen molar-refractivity contribution in [2.45, 2.75) is 32.7 Å². The van der Waals surface area contributed by atoms with Crippen LogP contribution in [0.15, 0.2) is 18.2 Å². The number of rotatable bonds is 5. The lowest BCUT2D eigenvalue weighted by atomic mass is 10.0. The molecule has 1 unspecified atom stereocenters. The van der Waals surface area contributed by atoms with Crippen LogP contribution in [0, 0.1) is 0 Å². The first-order valence-electron chi connectivity index (χ1n) is 5.83. The summed E-state index contributed by atoms with van der Waals surface area (Å²) in [6, 6.07) is 6.26. The molecule has 0 amide bonds. The first kappa shape index (κ1) is 13.3. The van der Waals surface area contributed by atoms with Gasteiger partial charge in [-0.1, -0.05) is 24.6 Å². The number of hydrogen-bond acceptors (Lipinski definition) is 2. The topological polar surface area (TPSA) is 29.3 Å². The number of halogens is 1. The SMILES string of the molecule is CCC(N)Cc1ccc(Cl)cc1N(C)CC. The van der Waals surface area contributed by atoms with Crippen LogP contribution < -0.4 is 10.6 Å². The molecule has 1 aromatic carbocycles.